The van der Waals surface area contributed by atoms with E-state index in [-0.39, 0.29) is 16.8 Å². The molecule has 1 aliphatic rings. The summed E-state index contributed by atoms with van der Waals surface area (Å²) in [5.74, 6) is 0.754. The Bertz CT molecular complexity index is 951. The fourth-order valence-corrected chi connectivity index (χ4v) is 5.12. The number of ether oxygens (including phenoxy) is 2. The molecule has 29 heavy (non-hydrogen) atoms. The molecule has 2 aromatic rings. The molecule has 1 atom stereocenters. The summed E-state index contributed by atoms with van der Waals surface area (Å²) in [6.07, 6.45) is 2.78. The zero-order chi connectivity index (χ0) is 21.0. The number of nitrogens with zero attached hydrogens (tertiary/aromatic N) is 1. The quantitative estimate of drug-likeness (QED) is 0.776. The molecule has 1 amide bonds. The summed E-state index contributed by atoms with van der Waals surface area (Å²) in [5.41, 5.74) is 0.877. The Morgan fingerprint density at radius 2 is 1.66 bits per heavy atom. The highest BCUT2D eigenvalue weighted by atomic mass is 32.2. The number of rotatable bonds is 6. The van der Waals surface area contributed by atoms with Gasteiger partial charge in [-0.1, -0.05) is 6.42 Å². The minimum absolute atomic E-state index is 0.0141. The molecule has 1 unspecified atom stereocenters. The first-order valence-corrected chi connectivity index (χ1v) is 11.0. The second kappa shape index (κ2) is 8.84. The average molecular weight is 419 g/mol. The fraction of sp³-hybridized carbons (Fsp3) is 0.381. The molecule has 0 aromatic heterocycles. The van der Waals surface area contributed by atoms with Gasteiger partial charge in [-0.05, 0) is 44.0 Å². The van der Waals surface area contributed by atoms with E-state index in [9.17, 15) is 13.2 Å². The monoisotopic (exact) mass is 418 g/mol. The van der Waals surface area contributed by atoms with Gasteiger partial charge in [0.2, 0.25) is 10.0 Å². The molecule has 1 saturated heterocycles. The molecule has 0 bridgehead atoms. The number of anilines is 1. The molecular weight excluding hydrogens is 392 g/mol. The number of amides is 1. The maximum absolute atomic E-state index is 12.9. The van der Waals surface area contributed by atoms with Crippen LogP contribution in [0.4, 0.5) is 5.69 Å². The third-order valence-corrected chi connectivity index (χ3v) is 7.10. The Kier molecular flexibility index (Phi) is 6.44. The van der Waals surface area contributed by atoms with Crippen LogP contribution >= 0.6 is 0 Å². The molecule has 1 fully saturated rings. The van der Waals surface area contributed by atoms with Crippen LogP contribution in [0.25, 0.3) is 0 Å². The first-order valence-electron chi connectivity index (χ1n) is 9.51. The molecule has 0 aliphatic carbocycles. The van der Waals surface area contributed by atoms with E-state index >= 15 is 0 Å². The van der Waals surface area contributed by atoms with Gasteiger partial charge in [-0.2, -0.15) is 4.31 Å². The summed E-state index contributed by atoms with van der Waals surface area (Å²) >= 11 is 0. The standard InChI is InChI=1S/C21H26N2O5S/c1-15-6-4-5-11-23(15)29(25,26)20-9-7-16(8-10-20)21(24)22-17-12-18(27-2)14-19(13-17)28-3/h7-10,12-15H,4-6,11H2,1-3H3,(H,22,24). The molecule has 2 aromatic carbocycles. The number of methoxy groups -OCH3 is 2. The summed E-state index contributed by atoms with van der Waals surface area (Å²) in [6, 6.07) is 11.1. The lowest BCUT2D eigenvalue weighted by Gasteiger charge is -2.32. The Morgan fingerprint density at radius 1 is 1.03 bits per heavy atom. The maximum atomic E-state index is 12.9. The predicted molar refractivity (Wildman–Crippen MR) is 111 cm³/mol. The Morgan fingerprint density at radius 3 is 2.21 bits per heavy atom. The van der Waals surface area contributed by atoms with Crippen molar-refractivity contribution in [1.82, 2.24) is 4.31 Å². The van der Waals surface area contributed by atoms with Crippen LogP contribution in [0.2, 0.25) is 0 Å². The van der Waals surface area contributed by atoms with E-state index in [0.717, 1.165) is 19.3 Å². The van der Waals surface area contributed by atoms with E-state index in [1.807, 2.05) is 6.92 Å². The van der Waals surface area contributed by atoms with Crippen molar-refractivity contribution in [3.05, 3.63) is 48.0 Å². The lowest BCUT2D eigenvalue weighted by Crippen LogP contribution is -2.41. The number of benzene rings is 2. The van der Waals surface area contributed by atoms with E-state index in [4.69, 9.17) is 9.47 Å². The second-order valence-electron chi connectivity index (χ2n) is 7.04. The van der Waals surface area contributed by atoms with Gasteiger partial charge in [0.1, 0.15) is 11.5 Å². The number of piperidine rings is 1. The molecule has 0 saturated carbocycles. The normalized spacial score (nSPS) is 17.6. The smallest absolute Gasteiger partial charge is 0.255 e. The molecule has 3 rings (SSSR count). The number of carbonyl (C=O) groups is 1. The van der Waals surface area contributed by atoms with Crippen molar-refractivity contribution < 1.29 is 22.7 Å². The van der Waals surface area contributed by atoms with Crippen molar-refractivity contribution in [1.29, 1.82) is 0 Å². The fourth-order valence-electron chi connectivity index (χ4n) is 3.43. The van der Waals surface area contributed by atoms with Gasteiger partial charge in [-0.3, -0.25) is 4.79 Å². The van der Waals surface area contributed by atoms with E-state index in [1.54, 1.807) is 22.5 Å². The van der Waals surface area contributed by atoms with Gasteiger partial charge in [0, 0.05) is 42.0 Å². The lowest BCUT2D eigenvalue weighted by molar-refractivity contribution is 0.102. The minimum Gasteiger partial charge on any atom is -0.497 e. The molecule has 1 heterocycles. The van der Waals surface area contributed by atoms with Crippen LogP contribution < -0.4 is 14.8 Å². The number of hydrogen-bond acceptors (Lipinski definition) is 5. The maximum Gasteiger partial charge on any atom is 0.255 e. The van der Waals surface area contributed by atoms with Crippen LogP contribution in [0.15, 0.2) is 47.4 Å². The highest BCUT2D eigenvalue weighted by Crippen LogP contribution is 2.27. The largest absolute Gasteiger partial charge is 0.497 e. The Balaban J connectivity index is 1.77. The molecule has 8 heteroatoms. The van der Waals surface area contributed by atoms with Gasteiger partial charge in [0.15, 0.2) is 0 Å². The number of nitrogens with one attached hydrogen (secondary N) is 1. The van der Waals surface area contributed by atoms with Crippen LogP contribution in [-0.4, -0.2) is 45.4 Å². The van der Waals surface area contributed by atoms with Gasteiger partial charge >= 0.3 is 0 Å². The van der Waals surface area contributed by atoms with E-state index in [0.29, 0.717) is 29.3 Å². The molecule has 156 valence electrons. The average Bonchev–Trinajstić information content (AvgIpc) is 2.73. The number of sulfonamides is 1. The van der Waals surface area contributed by atoms with Gasteiger partial charge < -0.3 is 14.8 Å². The third kappa shape index (κ3) is 4.71. The van der Waals surface area contributed by atoms with Crippen molar-refractivity contribution >= 4 is 21.6 Å². The molecule has 0 spiro atoms. The summed E-state index contributed by atoms with van der Waals surface area (Å²) in [7, 11) is -0.501. The highest BCUT2D eigenvalue weighted by Gasteiger charge is 2.30. The lowest BCUT2D eigenvalue weighted by atomic mass is 10.1. The van der Waals surface area contributed by atoms with Gasteiger partial charge in [0.05, 0.1) is 19.1 Å². The van der Waals surface area contributed by atoms with Crippen LogP contribution in [0.3, 0.4) is 0 Å². The molecule has 1 N–H and O–H groups in total. The van der Waals surface area contributed by atoms with Crippen molar-refractivity contribution in [2.75, 3.05) is 26.1 Å². The molecule has 7 nitrogen and oxygen atoms in total. The molecular formula is C21H26N2O5S. The van der Waals surface area contributed by atoms with E-state index in [1.165, 1.54) is 38.5 Å². The van der Waals surface area contributed by atoms with E-state index in [2.05, 4.69) is 5.32 Å². The summed E-state index contributed by atoms with van der Waals surface area (Å²) < 4.78 is 37.8. The van der Waals surface area contributed by atoms with Crippen molar-refractivity contribution in [3.63, 3.8) is 0 Å². The zero-order valence-electron chi connectivity index (χ0n) is 16.8. The molecule has 0 radical (unpaired) electrons. The SMILES string of the molecule is COc1cc(NC(=O)c2ccc(S(=O)(=O)N3CCCCC3C)cc2)cc(OC)c1. The Hall–Kier alpha value is -2.58. The van der Waals surface area contributed by atoms with Gasteiger partial charge in [-0.15, -0.1) is 0 Å². The van der Waals surface area contributed by atoms with Crippen molar-refractivity contribution in [2.45, 2.75) is 37.1 Å². The van der Waals surface area contributed by atoms with Crippen LogP contribution in [-0.2, 0) is 10.0 Å². The topological polar surface area (TPSA) is 84.9 Å². The van der Waals surface area contributed by atoms with E-state index < -0.39 is 10.0 Å². The predicted octanol–water partition coefficient (Wildman–Crippen LogP) is 3.52. The number of carbonyl (C=O) groups excluding carboxylic acids is 1. The van der Waals surface area contributed by atoms with Crippen LogP contribution in [0.5, 0.6) is 11.5 Å². The second-order valence-corrected chi connectivity index (χ2v) is 8.93. The highest BCUT2D eigenvalue weighted by molar-refractivity contribution is 7.89. The summed E-state index contributed by atoms with van der Waals surface area (Å²) in [5, 5.41) is 2.78. The van der Waals surface area contributed by atoms with Gasteiger partial charge in [-0.25, -0.2) is 8.42 Å². The van der Waals surface area contributed by atoms with Gasteiger partial charge in [0.25, 0.3) is 5.91 Å². The summed E-state index contributed by atoms with van der Waals surface area (Å²) in [4.78, 5) is 12.8. The number of hydrogen-bond donors (Lipinski definition) is 1. The summed E-state index contributed by atoms with van der Waals surface area (Å²) in [6.45, 7) is 2.46. The third-order valence-electron chi connectivity index (χ3n) is 5.07. The zero-order valence-corrected chi connectivity index (χ0v) is 17.7. The van der Waals surface area contributed by atoms with Crippen LogP contribution in [0, 0.1) is 0 Å². The van der Waals surface area contributed by atoms with Crippen molar-refractivity contribution in [2.24, 2.45) is 0 Å². The molecule has 1 aliphatic heterocycles. The van der Waals surface area contributed by atoms with Crippen molar-refractivity contribution in [3.8, 4) is 11.5 Å². The minimum atomic E-state index is -3.56. The van der Waals surface area contributed by atoms with Crippen LogP contribution in [0.1, 0.15) is 36.5 Å². The first kappa shape index (κ1) is 21.1. The Labute approximate surface area is 171 Å². The first-order chi connectivity index (χ1) is 13.8.